The van der Waals surface area contributed by atoms with Crippen LogP contribution in [0.2, 0.25) is 0 Å². The highest BCUT2D eigenvalue weighted by Crippen LogP contribution is 2.21. The summed E-state index contributed by atoms with van der Waals surface area (Å²) in [6, 6.07) is 5.82. The summed E-state index contributed by atoms with van der Waals surface area (Å²) in [4.78, 5) is 12.4. The topological polar surface area (TPSA) is 34.4 Å². The zero-order valence-corrected chi connectivity index (χ0v) is 11.8. The molecule has 2 heterocycles. The summed E-state index contributed by atoms with van der Waals surface area (Å²) in [5.74, 6) is 0.732. The van der Waals surface area contributed by atoms with Crippen LogP contribution < -0.4 is 0 Å². The predicted octanol–water partition coefficient (Wildman–Crippen LogP) is 4.12. The molecule has 0 bridgehead atoms. The number of ketones is 1. The lowest BCUT2D eigenvalue weighted by molar-refractivity contribution is 0.0958. The maximum Gasteiger partial charge on any atom is 0.166 e. The third kappa shape index (κ3) is 3.22. The van der Waals surface area contributed by atoms with Gasteiger partial charge in [0, 0.05) is 12.6 Å². The van der Waals surface area contributed by atoms with Crippen LogP contribution in [0.1, 0.15) is 56.3 Å². The number of carbonyl (C=O) groups is 1. The van der Waals surface area contributed by atoms with E-state index in [2.05, 4.69) is 18.9 Å². The molecule has 0 spiro atoms. The van der Waals surface area contributed by atoms with E-state index in [4.69, 9.17) is 0 Å². The molecule has 0 radical (unpaired) electrons. The van der Waals surface area contributed by atoms with E-state index in [1.165, 1.54) is 12.8 Å². The fourth-order valence-electron chi connectivity index (χ4n) is 2.46. The number of carbonyl (C=O) groups excluding carboxylic acids is 1. The van der Waals surface area contributed by atoms with Crippen LogP contribution in [0.15, 0.2) is 30.6 Å². The van der Waals surface area contributed by atoms with E-state index in [0.29, 0.717) is 12.3 Å². The minimum atomic E-state index is 0.226. The molecule has 0 aromatic carbocycles. The summed E-state index contributed by atoms with van der Waals surface area (Å²) in [5.41, 5.74) is 1.67. The van der Waals surface area contributed by atoms with Crippen molar-refractivity contribution in [3.05, 3.63) is 36.2 Å². The first kappa shape index (κ1) is 13.8. The zero-order chi connectivity index (χ0) is 13.7. The lowest BCUT2D eigenvalue weighted by atomic mass is 9.92. The highest BCUT2D eigenvalue weighted by molar-refractivity contribution is 6.02. The Morgan fingerprint density at radius 3 is 2.95 bits per heavy atom. The van der Waals surface area contributed by atoms with Gasteiger partial charge in [0.1, 0.15) is 0 Å². The summed E-state index contributed by atoms with van der Waals surface area (Å²) in [6.45, 7) is 4.36. The molecule has 0 N–H and O–H groups in total. The fraction of sp³-hybridized carbons (Fsp3) is 0.500. The number of pyridine rings is 1. The normalized spacial score (nSPS) is 12.7. The second-order valence-electron chi connectivity index (χ2n) is 5.13. The summed E-state index contributed by atoms with van der Waals surface area (Å²) in [6.07, 6.45) is 8.85. The smallest absolute Gasteiger partial charge is 0.166 e. The van der Waals surface area contributed by atoms with Crippen molar-refractivity contribution in [3.8, 4) is 0 Å². The Labute approximate surface area is 114 Å². The van der Waals surface area contributed by atoms with Crippen molar-refractivity contribution in [2.75, 3.05) is 0 Å². The third-order valence-corrected chi connectivity index (χ3v) is 3.74. The Hall–Kier alpha value is -1.64. The lowest BCUT2D eigenvalue weighted by Gasteiger charge is -2.12. The molecule has 3 heteroatoms. The highest BCUT2D eigenvalue weighted by atomic mass is 16.1. The molecular formula is C16H22N2O. The summed E-state index contributed by atoms with van der Waals surface area (Å²) < 4.78 is 1.76. The Balaban J connectivity index is 2.10. The Morgan fingerprint density at radius 1 is 1.37 bits per heavy atom. The van der Waals surface area contributed by atoms with Crippen molar-refractivity contribution in [1.29, 1.82) is 0 Å². The largest absolute Gasteiger partial charge is 0.294 e. The first-order valence-corrected chi connectivity index (χ1v) is 7.21. The first-order chi connectivity index (χ1) is 9.26. The van der Waals surface area contributed by atoms with E-state index in [0.717, 1.165) is 23.9 Å². The van der Waals surface area contributed by atoms with E-state index in [9.17, 15) is 4.79 Å². The average Bonchev–Trinajstić information content (AvgIpc) is 2.87. The Bertz CT molecular complexity index is 544. The molecule has 2 rings (SSSR count). The van der Waals surface area contributed by atoms with Crippen molar-refractivity contribution in [3.63, 3.8) is 0 Å². The van der Waals surface area contributed by atoms with Gasteiger partial charge in [-0.25, -0.2) is 4.52 Å². The van der Waals surface area contributed by atoms with Crippen molar-refractivity contribution in [2.45, 2.75) is 46.0 Å². The van der Waals surface area contributed by atoms with Crippen molar-refractivity contribution in [2.24, 2.45) is 5.92 Å². The van der Waals surface area contributed by atoms with Gasteiger partial charge in [0.25, 0.3) is 0 Å². The van der Waals surface area contributed by atoms with Gasteiger partial charge in [0.15, 0.2) is 5.78 Å². The van der Waals surface area contributed by atoms with Crippen LogP contribution in [0.3, 0.4) is 0 Å². The van der Waals surface area contributed by atoms with Crippen molar-refractivity contribution in [1.82, 2.24) is 9.61 Å². The van der Waals surface area contributed by atoms with E-state index < -0.39 is 0 Å². The van der Waals surface area contributed by atoms with E-state index in [1.54, 1.807) is 10.7 Å². The third-order valence-electron chi connectivity index (χ3n) is 3.74. The minimum absolute atomic E-state index is 0.226. The molecule has 1 unspecified atom stereocenters. The van der Waals surface area contributed by atoms with Gasteiger partial charge in [-0.1, -0.05) is 45.6 Å². The minimum Gasteiger partial charge on any atom is -0.294 e. The summed E-state index contributed by atoms with van der Waals surface area (Å²) >= 11 is 0. The van der Waals surface area contributed by atoms with Gasteiger partial charge in [-0.15, -0.1) is 0 Å². The summed E-state index contributed by atoms with van der Waals surface area (Å²) in [7, 11) is 0. The molecule has 1 atom stereocenters. The Kier molecular flexibility index (Phi) is 4.72. The number of Topliss-reactive ketones (excluding diaryl/α,β-unsaturated/α-hetero) is 1. The number of rotatable bonds is 7. The van der Waals surface area contributed by atoms with Gasteiger partial charge in [0.2, 0.25) is 0 Å². The molecule has 0 saturated heterocycles. The molecule has 0 aliphatic carbocycles. The van der Waals surface area contributed by atoms with Crippen LogP contribution in [0.4, 0.5) is 0 Å². The molecule has 0 saturated carbocycles. The van der Waals surface area contributed by atoms with E-state index in [1.807, 2.05) is 24.4 Å². The monoisotopic (exact) mass is 258 g/mol. The SMILES string of the molecule is CCCCC(CC)CC(=O)c1cnn2ccccc12. The maximum absolute atomic E-state index is 12.4. The van der Waals surface area contributed by atoms with E-state index >= 15 is 0 Å². The number of unbranched alkanes of at least 4 members (excludes halogenated alkanes) is 1. The molecule has 0 amide bonds. The van der Waals surface area contributed by atoms with Gasteiger partial charge in [-0.05, 0) is 18.1 Å². The number of hydrogen-bond donors (Lipinski definition) is 0. The van der Waals surface area contributed by atoms with Crippen LogP contribution in [0, 0.1) is 5.92 Å². The predicted molar refractivity (Wildman–Crippen MR) is 77.4 cm³/mol. The molecule has 2 aromatic rings. The molecular weight excluding hydrogens is 236 g/mol. The Morgan fingerprint density at radius 2 is 2.21 bits per heavy atom. The van der Waals surface area contributed by atoms with Gasteiger partial charge in [-0.2, -0.15) is 5.10 Å². The number of aromatic nitrogens is 2. The zero-order valence-electron chi connectivity index (χ0n) is 11.8. The molecule has 0 aliphatic heterocycles. The first-order valence-electron chi connectivity index (χ1n) is 7.21. The molecule has 0 fully saturated rings. The van der Waals surface area contributed by atoms with Crippen LogP contribution in [-0.2, 0) is 0 Å². The van der Waals surface area contributed by atoms with E-state index in [-0.39, 0.29) is 5.78 Å². The quantitative estimate of drug-likeness (QED) is 0.700. The van der Waals surface area contributed by atoms with Gasteiger partial charge < -0.3 is 0 Å². The molecule has 19 heavy (non-hydrogen) atoms. The number of fused-ring (bicyclic) bond motifs is 1. The van der Waals surface area contributed by atoms with Crippen LogP contribution >= 0.6 is 0 Å². The second-order valence-corrected chi connectivity index (χ2v) is 5.13. The highest BCUT2D eigenvalue weighted by Gasteiger charge is 2.16. The van der Waals surface area contributed by atoms with Crippen LogP contribution in [0.5, 0.6) is 0 Å². The van der Waals surface area contributed by atoms with Crippen LogP contribution in [0.25, 0.3) is 5.52 Å². The molecule has 0 aliphatic rings. The molecule has 102 valence electrons. The van der Waals surface area contributed by atoms with Crippen LogP contribution in [-0.4, -0.2) is 15.4 Å². The lowest BCUT2D eigenvalue weighted by Crippen LogP contribution is -2.08. The number of nitrogens with zero attached hydrogens (tertiary/aromatic N) is 2. The van der Waals surface area contributed by atoms with Gasteiger partial charge in [-0.3, -0.25) is 4.79 Å². The maximum atomic E-state index is 12.4. The average molecular weight is 258 g/mol. The van der Waals surface area contributed by atoms with Gasteiger partial charge >= 0.3 is 0 Å². The standard InChI is InChI=1S/C16H22N2O/c1-3-5-8-13(4-2)11-16(19)14-12-17-18-10-7-6-9-15(14)18/h6-7,9-10,12-13H,3-5,8,11H2,1-2H3. The van der Waals surface area contributed by atoms with Crippen molar-refractivity contribution < 1.29 is 4.79 Å². The second kappa shape index (κ2) is 6.50. The number of hydrogen-bond acceptors (Lipinski definition) is 2. The van der Waals surface area contributed by atoms with Gasteiger partial charge in [0.05, 0.1) is 17.3 Å². The molecule has 2 aromatic heterocycles. The summed E-state index contributed by atoms with van der Waals surface area (Å²) in [5, 5.41) is 4.23. The molecule has 3 nitrogen and oxygen atoms in total. The fourth-order valence-corrected chi connectivity index (χ4v) is 2.46. The van der Waals surface area contributed by atoms with Crippen molar-refractivity contribution >= 4 is 11.3 Å².